The molecule has 1 aliphatic heterocycles. The van der Waals surface area contributed by atoms with Gasteiger partial charge in [0.1, 0.15) is 18.4 Å². The van der Waals surface area contributed by atoms with E-state index in [0.29, 0.717) is 12.4 Å². The number of ether oxygens (including phenoxy) is 2. The van der Waals surface area contributed by atoms with Crippen LogP contribution in [-0.2, 0) is 16.1 Å². The third-order valence-corrected chi connectivity index (χ3v) is 6.02. The largest absolute Gasteiger partial charge is 0.489 e. The molecular weight excluding hydrogens is 450 g/mol. The van der Waals surface area contributed by atoms with Gasteiger partial charge in [-0.25, -0.2) is 9.69 Å². The average molecular weight is 476 g/mol. The molecule has 0 saturated carbocycles. The maximum absolute atomic E-state index is 13.3. The summed E-state index contributed by atoms with van der Waals surface area (Å²) in [7, 11) is 0. The molecule has 0 unspecified atom stereocenters. The van der Waals surface area contributed by atoms with Crippen molar-refractivity contribution in [1.29, 1.82) is 0 Å². The normalized spacial score (nSPS) is 17.2. The van der Waals surface area contributed by atoms with Crippen LogP contribution in [-0.4, -0.2) is 16.9 Å². The third-order valence-electron chi connectivity index (χ3n) is 6.02. The summed E-state index contributed by atoms with van der Waals surface area (Å²) in [6.45, 7) is 0.451. The number of rotatable bonds is 7. The van der Waals surface area contributed by atoms with Gasteiger partial charge in [0, 0.05) is 6.08 Å². The second-order valence-corrected chi connectivity index (χ2v) is 8.46. The maximum Gasteiger partial charge on any atom is 0.418 e. The first-order valence-corrected chi connectivity index (χ1v) is 11.8. The van der Waals surface area contributed by atoms with E-state index in [2.05, 4.69) is 0 Å². The van der Waals surface area contributed by atoms with Crippen LogP contribution < -0.4 is 4.74 Å². The summed E-state index contributed by atoms with van der Waals surface area (Å²) in [6.07, 6.45) is 1.84. The van der Waals surface area contributed by atoms with Crippen molar-refractivity contribution in [3.8, 4) is 5.75 Å². The molecule has 5 nitrogen and oxygen atoms in total. The summed E-state index contributed by atoms with van der Waals surface area (Å²) in [6, 6.07) is 35.8. The fraction of sp³-hybridized carbons (Fsp3) is 0.0968. The lowest BCUT2D eigenvalue weighted by Crippen LogP contribution is -2.33. The first-order valence-electron chi connectivity index (χ1n) is 11.8. The van der Waals surface area contributed by atoms with Gasteiger partial charge in [-0.2, -0.15) is 0 Å². The Balaban J connectivity index is 1.35. The molecule has 2 atom stereocenters. The summed E-state index contributed by atoms with van der Waals surface area (Å²) in [5, 5.41) is 0. The lowest BCUT2D eigenvalue weighted by Gasteiger charge is -2.23. The Morgan fingerprint density at radius 2 is 1.44 bits per heavy atom. The van der Waals surface area contributed by atoms with Crippen molar-refractivity contribution in [2.45, 2.75) is 18.8 Å². The predicted octanol–water partition coefficient (Wildman–Crippen LogP) is 6.74. The highest BCUT2D eigenvalue weighted by Crippen LogP contribution is 2.43. The van der Waals surface area contributed by atoms with Crippen LogP contribution in [0.5, 0.6) is 5.75 Å². The van der Waals surface area contributed by atoms with Gasteiger partial charge < -0.3 is 9.47 Å². The number of cyclic esters (lactones) is 1. The minimum atomic E-state index is -0.660. The van der Waals surface area contributed by atoms with E-state index in [1.165, 1.54) is 11.0 Å². The van der Waals surface area contributed by atoms with Crippen molar-refractivity contribution in [2.24, 2.45) is 0 Å². The van der Waals surface area contributed by atoms with E-state index < -0.39 is 24.1 Å². The van der Waals surface area contributed by atoms with Crippen molar-refractivity contribution in [3.63, 3.8) is 0 Å². The molecule has 0 spiro atoms. The van der Waals surface area contributed by atoms with E-state index >= 15 is 0 Å². The van der Waals surface area contributed by atoms with Gasteiger partial charge in [0.05, 0.1) is 0 Å². The molecule has 1 saturated heterocycles. The molecule has 1 heterocycles. The standard InChI is InChI=1S/C31H25NO4/c33-28(20-19-23-13-10-18-27(21-23)35-22-24-11-4-1-5-12-24)32-29(25-14-6-2-7-15-25)30(36-31(32)34)26-16-8-3-9-17-26/h1-21,29-30H,22H2/b20-19+/t29-,30+/m1/s1. The van der Waals surface area contributed by atoms with Crippen LogP contribution >= 0.6 is 0 Å². The van der Waals surface area contributed by atoms with Crippen molar-refractivity contribution in [2.75, 3.05) is 0 Å². The average Bonchev–Trinajstić information content (AvgIpc) is 3.29. The monoisotopic (exact) mass is 475 g/mol. The molecule has 5 heteroatoms. The molecule has 178 valence electrons. The van der Waals surface area contributed by atoms with Crippen LogP contribution in [0.1, 0.15) is 34.4 Å². The van der Waals surface area contributed by atoms with Gasteiger partial charge in [0.25, 0.3) is 5.91 Å². The molecule has 4 aromatic carbocycles. The summed E-state index contributed by atoms with van der Waals surface area (Å²) < 4.78 is 11.6. The first-order chi connectivity index (χ1) is 17.7. The van der Waals surface area contributed by atoms with Crippen LogP contribution in [0.2, 0.25) is 0 Å². The molecule has 36 heavy (non-hydrogen) atoms. The van der Waals surface area contributed by atoms with Crippen molar-refractivity contribution >= 4 is 18.1 Å². The van der Waals surface area contributed by atoms with Crippen molar-refractivity contribution in [1.82, 2.24) is 4.90 Å². The molecule has 0 aromatic heterocycles. The molecule has 1 fully saturated rings. The van der Waals surface area contributed by atoms with Crippen LogP contribution in [0.4, 0.5) is 4.79 Å². The SMILES string of the molecule is O=C(/C=C/c1cccc(OCc2ccccc2)c1)N1C(=O)O[C@@H](c2ccccc2)[C@H]1c1ccccc1. The van der Waals surface area contributed by atoms with Crippen LogP contribution in [0.3, 0.4) is 0 Å². The van der Waals surface area contributed by atoms with Gasteiger partial charge in [-0.1, -0.05) is 103 Å². The smallest absolute Gasteiger partial charge is 0.418 e. The highest BCUT2D eigenvalue weighted by atomic mass is 16.6. The van der Waals surface area contributed by atoms with E-state index in [4.69, 9.17) is 9.47 Å². The molecule has 0 radical (unpaired) electrons. The molecule has 1 aliphatic rings. The Labute approximate surface area is 210 Å². The van der Waals surface area contributed by atoms with Gasteiger partial charge in [-0.15, -0.1) is 0 Å². The fourth-order valence-corrected chi connectivity index (χ4v) is 4.27. The molecule has 0 bridgehead atoms. The van der Waals surface area contributed by atoms with Crippen molar-refractivity contribution in [3.05, 3.63) is 144 Å². The van der Waals surface area contributed by atoms with E-state index in [0.717, 1.165) is 22.3 Å². The molecule has 0 aliphatic carbocycles. The molecule has 4 aromatic rings. The topological polar surface area (TPSA) is 55.8 Å². The summed E-state index contributed by atoms with van der Waals surface area (Å²) in [5.74, 6) is 0.253. The first kappa shape index (κ1) is 23.1. The zero-order chi connectivity index (χ0) is 24.7. The van der Waals surface area contributed by atoms with E-state index in [1.807, 2.05) is 115 Å². The van der Waals surface area contributed by atoms with Crippen LogP contribution in [0.15, 0.2) is 121 Å². The Bertz CT molecular complexity index is 1350. The minimum Gasteiger partial charge on any atom is -0.489 e. The number of nitrogens with zero attached hydrogens (tertiary/aromatic N) is 1. The van der Waals surface area contributed by atoms with Gasteiger partial charge in [-0.3, -0.25) is 4.79 Å². The van der Waals surface area contributed by atoms with Gasteiger partial charge in [0.15, 0.2) is 6.10 Å². The second kappa shape index (κ2) is 10.7. The number of carbonyl (C=O) groups excluding carboxylic acids is 2. The summed E-state index contributed by atoms with van der Waals surface area (Å²) in [4.78, 5) is 27.4. The van der Waals surface area contributed by atoms with E-state index in [1.54, 1.807) is 6.08 Å². The number of benzene rings is 4. The van der Waals surface area contributed by atoms with Gasteiger partial charge in [-0.05, 0) is 40.5 Å². The lowest BCUT2D eigenvalue weighted by molar-refractivity contribution is -0.124. The zero-order valence-electron chi connectivity index (χ0n) is 19.6. The number of carbonyl (C=O) groups is 2. The highest BCUT2D eigenvalue weighted by molar-refractivity contribution is 6.02. The van der Waals surface area contributed by atoms with Crippen LogP contribution in [0, 0.1) is 0 Å². The number of amides is 2. The molecule has 0 N–H and O–H groups in total. The number of imide groups is 1. The fourth-order valence-electron chi connectivity index (χ4n) is 4.27. The molecule has 5 rings (SSSR count). The minimum absolute atomic E-state index is 0.442. The number of hydrogen-bond donors (Lipinski definition) is 0. The Morgan fingerprint density at radius 3 is 2.14 bits per heavy atom. The molecule has 2 amide bonds. The van der Waals surface area contributed by atoms with Crippen LogP contribution in [0.25, 0.3) is 6.08 Å². The molecular formula is C31H25NO4. The number of hydrogen-bond acceptors (Lipinski definition) is 4. The van der Waals surface area contributed by atoms with E-state index in [9.17, 15) is 9.59 Å². The second-order valence-electron chi connectivity index (χ2n) is 8.46. The lowest BCUT2D eigenvalue weighted by atomic mass is 9.95. The third kappa shape index (κ3) is 5.20. The Kier molecular flexibility index (Phi) is 6.90. The Hall–Kier alpha value is -4.64. The summed E-state index contributed by atoms with van der Waals surface area (Å²) >= 11 is 0. The predicted molar refractivity (Wildman–Crippen MR) is 138 cm³/mol. The van der Waals surface area contributed by atoms with E-state index in [-0.39, 0.29) is 0 Å². The highest BCUT2D eigenvalue weighted by Gasteiger charge is 2.46. The zero-order valence-corrected chi connectivity index (χ0v) is 19.6. The van der Waals surface area contributed by atoms with Gasteiger partial charge >= 0.3 is 6.09 Å². The Morgan fingerprint density at radius 1 is 0.806 bits per heavy atom. The quantitative estimate of drug-likeness (QED) is 0.278. The van der Waals surface area contributed by atoms with Gasteiger partial charge in [0.2, 0.25) is 0 Å². The summed E-state index contributed by atoms with van der Waals surface area (Å²) in [5.41, 5.74) is 3.52. The van der Waals surface area contributed by atoms with Crippen molar-refractivity contribution < 1.29 is 19.1 Å². The maximum atomic E-state index is 13.3.